The number of aromatic amines is 1. The summed E-state index contributed by atoms with van der Waals surface area (Å²) >= 11 is 0. The molecule has 0 aliphatic carbocycles. The van der Waals surface area contributed by atoms with Crippen LogP contribution in [0.1, 0.15) is 51.8 Å². The molecule has 0 spiro atoms. The number of hydrogen-bond acceptors (Lipinski definition) is 2. The first kappa shape index (κ1) is 16.3. The normalized spacial score (nSPS) is 10.7. The first-order valence-electron chi connectivity index (χ1n) is 7.90. The maximum absolute atomic E-state index is 12.1. The molecule has 22 heavy (non-hydrogen) atoms. The Labute approximate surface area is 132 Å². The van der Waals surface area contributed by atoms with Gasteiger partial charge in [-0.1, -0.05) is 31.0 Å². The number of aromatic nitrogens is 2. The minimum Gasteiger partial charge on any atom is -0.350 e. The van der Waals surface area contributed by atoms with Crippen molar-refractivity contribution in [2.75, 3.05) is 6.54 Å². The van der Waals surface area contributed by atoms with Crippen molar-refractivity contribution in [1.82, 2.24) is 15.5 Å². The van der Waals surface area contributed by atoms with Crippen molar-refractivity contribution in [1.29, 1.82) is 0 Å². The van der Waals surface area contributed by atoms with Crippen LogP contribution in [-0.2, 0) is 12.8 Å². The molecule has 1 aromatic carbocycles. The Morgan fingerprint density at radius 3 is 2.45 bits per heavy atom. The van der Waals surface area contributed by atoms with Crippen LogP contribution in [0.3, 0.4) is 0 Å². The lowest BCUT2D eigenvalue weighted by Gasteiger charge is -2.11. The van der Waals surface area contributed by atoms with Gasteiger partial charge in [0.25, 0.3) is 5.91 Å². The molecule has 0 aliphatic rings. The van der Waals surface area contributed by atoms with Gasteiger partial charge in [-0.05, 0) is 56.4 Å². The number of nitrogens with zero attached hydrogens (tertiary/aromatic N) is 1. The van der Waals surface area contributed by atoms with Crippen molar-refractivity contribution in [2.24, 2.45) is 0 Å². The molecule has 2 rings (SSSR count). The second kappa shape index (κ2) is 7.25. The minimum atomic E-state index is -0.110. The van der Waals surface area contributed by atoms with Gasteiger partial charge in [-0.3, -0.25) is 9.89 Å². The van der Waals surface area contributed by atoms with Gasteiger partial charge in [0.15, 0.2) is 0 Å². The zero-order valence-corrected chi connectivity index (χ0v) is 13.9. The number of carbonyl (C=O) groups excluding carboxylic acids is 1. The Balaban J connectivity index is 1.92. The highest BCUT2D eigenvalue weighted by molar-refractivity contribution is 5.92. The second-order valence-electron chi connectivity index (χ2n) is 5.91. The topological polar surface area (TPSA) is 57.8 Å². The van der Waals surface area contributed by atoms with E-state index in [1.807, 2.05) is 6.07 Å². The van der Waals surface area contributed by atoms with E-state index < -0.39 is 0 Å². The van der Waals surface area contributed by atoms with Gasteiger partial charge < -0.3 is 5.32 Å². The van der Waals surface area contributed by atoms with Crippen LogP contribution in [-0.4, -0.2) is 22.6 Å². The molecule has 0 bridgehead atoms. The third kappa shape index (κ3) is 3.97. The Kier molecular flexibility index (Phi) is 5.36. The van der Waals surface area contributed by atoms with E-state index in [1.54, 1.807) is 0 Å². The average molecular weight is 299 g/mol. The predicted molar refractivity (Wildman–Crippen MR) is 89.3 cm³/mol. The molecular weight excluding hydrogens is 274 g/mol. The monoisotopic (exact) mass is 299 g/mol. The van der Waals surface area contributed by atoms with E-state index in [0.717, 1.165) is 25.0 Å². The molecule has 0 radical (unpaired) electrons. The predicted octanol–water partition coefficient (Wildman–Crippen LogP) is 3.26. The van der Waals surface area contributed by atoms with Crippen LogP contribution in [0.5, 0.6) is 0 Å². The fourth-order valence-corrected chi connectivity index (χ4v) is 2.87. The molecule has 1 amide bonds. The van der Waals surface area contributed by atoms with Crippen LogP contribution in [0.25, 0.3) is 0 Å². The van der Waals surface area contributed by atoms with Gasteiger partial charge in [0.2, 0.25) is 0 Å². The van der Waals surface area contributed by atoms with Gasteiger partial charge in [-0.2, -0.15) is 5.10 Å². The van der Waals surface area contributed by atoms with E-state index in [4.69, 9.17) is 0 Å². The molecule has 1 heterocycles. The second-order valence-corrected chi connectivity index (χ2v) is 5.91. The van der Waals surface area contributed by atoms with Crippen molar-refractivity contribution in [2.45, 2.75) is 47.0 Å². The SMILES string of the molecule is CCCc1cc(C(=O)NCCc2c(C)cc(C)cc2C)n[nH]1. The van der Waals surface area contributed by atoms with E-state index in [0.29, 0.717) is 12.2 Å². The summed E-state index contributed by atoms with van der Waals surface area (Å²) in [6, 6.07) is 6.21. The van der Waals surface area contributed by atoms with Crippen molar-refractivity contribution in [3.8, 4) is 0 Å². The number of benzene rings is 1. The van der Waals surface area contributed by atoms with Crippen LogP contribution < -0.4 is 5.32 Å². The van der Waals surface area contributed by atoms with Crippen molar-refractivity contribution in [3.63, 3.8) is 0 Å². The highest BCUT2D eigenvalue weighted by Crippen LogP contribution is 2.16. The molecule has 2 aromatic rings. The summed E-state index contributed by atoms with van der Waals surface area (Å²) < 4.78 is 0. The molecule has 4 nitrogen and oxygen atoms in total. The van der Waals surface area contributed by atoms with Crippen molar-refractivity contribution < 1.29 is 4.79 Å². The zero-order valence-electron chi connectivity index (χ0n) is 13.9. The quantitative estimate of drug-likeness (QED) is 0.860. The standard InChI is InChI=1S/C18H25N3O/c1-5-6-15-11-17(21-20-15)18(22)19-8-7-16-13(3)9-12(2)10-14(16)4/h9-11H,5-8H2,1-4H3,(H,19,22)(H,20,21). The van der Waals surface area contributed by atoms with Gasteiger partial charge in [0.05, 0.1) is 0 Å². The summed E-state index contributed by atoms with van der Waals surface area (Å²) in [6.45, 7) is 9.09. The third-order valence-corrected chi connectivity index (χ3v) is 3.88. The number of carbonyl (C=O) groups is 1. The summed E-state index contributed by atoms with van der Waals surface area (Å²) in [6.07, 6.45) is 2.80. The van der Waals surface area contributed by atoms with Crippen LogP contribution in [0.15, 0.2) is 18.2 Å². The molecular formula is C18H25N3O. The van der Waals surface area contributed by atoms with Gasteiger partial charge >= 0.3 is 0 Å². The molecule has 0 fully saturated rings. The highest BCUT2D eigenvalue weighted by Gasteiger charge is 2.10. The van der Waals surface area contributed by atoms with Crippen molar-refractivity contribution in [3.05, 3.63) is 51.8 Å². The maximum atomic E-state index is 12.1. The van der Waals surface area contributed by atoms with E-state index >= 15 is 0 Å². The molecule has 0 saturated heterocycles. The number of H-pyrrole nitrogens is 1. The summed E-state index contributed by atoms with van der Waals surface area (Å²) in [5.41, 5.74) is 6.66. The average Bonchev–Trinajstić information content (AvgIpc) is 2.90. The Bertz CT molecular complexity index is 635. The zero-order chi connectivity index (χ0) is 16.1. The van der Waals surface area contributed by atoms with Gasteiger partial charge in [-0.15, -0.1) is 0 Å². The highest BCUT2D eigenvalue weighted by atomic mass is 16.1. The number of rotatable bonds is 6. The maximum Gasteiger partial charge on any atom is 0.271 e. The Morgan fingerprint density at radius 2 is 1.82 bits per heavy atom. The van der Waals surface area contributed by atoms with E-state index in [2.05, 4.69) is 55.3 Å². The summed E-state index contributed by atoms with van der Waals surface area (Å²) in [4.78, 5) is 12.1. The Morgan fingerprint density at radius 1 is 1.14 bits per heavy atom. The smallest absolute Gasteiger partial charge is 0.271 e. The number of hydrogen-bond donors (Lipinski definition) is 2. The Hall–Kier alpha value is -2.10. The molecule has 1 aromatic heterocycles. The molecule has 0 saturated carbocycles. The first-order chi connectivity index (χ1) is 10.5. The third-order valence-electron chi connectivity index (χ3n) is 3.88. The number of amides is 1. The minimum absolute atomic E-state index is 0.110. The summed E-state index contributed by atoms with van der Waals surface area (Å²) in [7, 11) is 0. The van der Waals surface area contributed by atoms with Crippen LogP contribution >= 0.6 is 0 Å². The van der Waals surface area contributed by atoms with E-state index in [1.165, 1.54) is 22.3 Å². The largest absolute Gasteiger partial charge is 0.350 e. The fourth-order valence-electron chi connectivity index (χ4n) is 2.87. The van der Waals surface area contributed by atoms with Crippen molar-refractivity contribution >= 4 is 5.91 Å². The van der Waals surface area contributed by atoms with Gasteiger partial charge in [0, 0.05) is 12.2 Å². The van der Waals surface area contributed by atoms with Crippen LogP contribution in [0.4, 0.5) is 0 Å². The van der Waals surface area contributed by atoms with E-state index in [-0.39, 0.29) is 5.91 Å². The van der Waals surface area contributed by atoms with Gasteiger partial charge in [0.1, 0.15) is 5.69 Å². The molecule has 0 aliphatic heterocycles. The molecule has 4 heteroatoms. The first-order valence-corrected chi connectivity index (χ1v) is 7.90. The molecule has 2 N–H and O–H groups in total. The van der Waals surface area contributed by atoms with Crippen LogP contribution in [0, 0.1) is 20.8 Å². The number of nitrogens with one attached hydrogen (secondary N) is 2. The lowest BCUT2D eigenvalue weighted by molar-refractivity contribution is 0.0949. The fraction of sp³-hybridized carbons (Fsp3) is 0.444. The molecule has 118 valence electrons. The lowest BCUT2D eigenvalue weighted by Crippen LogP contribution is -2.26. The summed E-state index contributed by atoms with van der Waals surface area (Å²) in [5, 5.41) is 9.93. The van der Waals surface area contributed by atoms with Gasteiger partial charge in [-0.25, -0.2) is 0 Å². The van der Waals surface area contributed by atoms with E-state index in [9.17, 15) is 4.79 Å². The molecule has 0 unspecified atom stereocenters. The van der Waals surface area contributed by atoms with Crippen LogP contribution in [0.2, 0.25) is 0 Å². The number of aryl methyl sites for hydroxylation is 4. The lowest BCUT2D eigenvalue weighted by atomic mass is 9.97. The molecule has 0 atom stereocenters. The summed E-state index contributed by atoms with van der Waals surface area (Å²) in [5.74, 6) is -0.110.